The number of aryl methyl sites for hydroxylation is 1. The summed E-state index contributed by atoms with van der Waals surface area (Å²) >= 11 is 0. The number of rotatable bonds is 5. The summed E-state index contributed by atoms with van der Waals surface area (Å²) in [6.07, 6.45) is 4.40. The minimum Gasteiger partial charge on any atom is -0.336 e. The van der Waals surface area contributed by atoms with Gasteiger partial charge in [-0.1, -0.05) is 0 Å². The number of aromatic amines is 1. The molecular weight excluding hydrogens is 256 g/mol. The molecule has 18 heavy (non-hydrogen) atoms. The predicted octanol–water partition coefficient (Wildman–Crippen LogP) is -0.114. The summed E-state index contributed by atoms with van der Waals surface area (Å²) < 4.78 is 28.1. The molecule has 0 saturated heterocycles. The van der Waals surface area contributed by atoms with Crippen molar-refractivity contribution in [3.8, 4) is 0 Å². The van der Waals surface area contributed by atoms with Crippen LogP contribution in [0.1, 0.15) is 12.5 Å². The third-order valence-electron chi connectivity index (χ3n) is 2.42. The Bertz CT molecular complexity index is 629. The van der Waals surface area contributed by atoms with Crippen molar-refractivity contribution in [2.75, 3.05) is 4.72 Å². The minimum atomic E-state index is -3.71. The first-order chi connectivity index (χ1) is 8.56. The molecule has 0 bridgehead atoms. The summed E-state index contributed by atoms with van der Waals surface area (Å²) in [5.41, 5.74) is 6.05. The Morgan fingerprint density at radius 2 is 2.33 bits per heavy atom. The molecule has 98 valence electrons. The molecule has 0 atom stereocenters. The number of aromatic nitrogens is 4. The van der Waals surface area contributed by atoms with E-state index in [1.54, 1.807) is 4.57 Å². The zero-order chi connectivity index (χ0) is 13.2. The lowest BCUT2D eigenvalue weighted by atomic mass is 10.3. The number of nitrogens with two attached hydrogens (primary N) is 1. The Kier molecular flexibility index (Phi) is 3.34. The minimum absolute atomic E-state index is 0.0399. The molecule has 4 N–H and O–H groups in total. The molecule has 0 aliphatic rings. The fourth-order valence-corrected chi connectivity index (χ4v) is 2.40. The van der Waals surface area contributed by atoms with Crippen LogP contribution in [-0.4, -0.2) is 28.2 Å². The second kappa shape index (κ2) is 4.78. The van der Waals surface area contributed by atoms with Crippen LogP contribution in [0.25, 0.3) is 0 Å². The van der Waals surface area contributed by atoms with E-state index in [2.05, 4.69) is 19.9 Å². The number of hydrogen-bond donors (Lipinski definition) is 3. The average molecular weight is 270 g/mol. The predicted molar refractivity (Wildman–Crippen MR) is 65.2 cm³/mol. The fourth-order valence-electron chi connectivity index (χ4n) is 1.39. The largest absolute Gasteiger partial charge is 0.336 e. The van der Waals surface area contributed by atoms with Gasteiger partial charge in [-0.25, -0.2) is 4.98 Å². The molecule has 2 aromatic heterocycles. The van der Waals surface area contributed by atoms with Crippen molar-refractivity contribution in [3.63, 3.8) is 0 Å². The molecule has 0 aliphatic carbocycles. The molecule has 0 radical (unpaired) electrons. The molecule has 0 aliphatic heterocycles. The highest BCUT2D eigenvalue weighted by molar-refractivity contribution is 7.92. The van der Waals surface area contributed by atoms with Gasteiger partial charge in [-0.2, -0.15) is 13.5 Å². The molecular formula is C9H14N6O2S. The highest BCUT2D eigenvalue weighted by Crippen LogP contribution is 2.15. The van der Waals surface area contributed by atoms with Gasteiger partial charge in [-0.05, 0) is 6.92 Å². The normalized spacial score (nSPS) is 11.7. The topological polar surface area (TPSA) is 119 Å². The molecule has 0 spiro atoms. The zero-order valence-electron chi connectivity index (χ0n) is 9.79. The maximum Gasteiger partial charge on any atom is 0.282 e. The van der Waals surface area contributed by atoms with E-state index in [4.69, 9.17) is 5.73 Å². The lowest BCUT2D eigenvalue weighted by Crippen LogP contribution is -2.15. The van der Waals surface area contributed by atoms with Crippen LogP contribution in [0.3, 0.4) is 0 Å². The van der Waals surface area contributed by atoms with Crippen LogP contribution in [0.2, 0.25) is 0 Å². The van der Waals surface area contributed by atoms with Crippen LogP contribution < -0.4 is 10.5 Å². The summed E-state index contributed by atoms with van der Waals surface area (Å²) in [4.78, 5) is 3.84. The van der Waals surface area contributed by atoms with E-state index in [1.165, 1.54) is 18.7 Å². The van der Waals surface area contributed by atoms with Gasteiger partial charge in [-0.3, -0.25) is 9.82 Å². The molecule has 2 aromatic rings. The van der Waals surface area contributed by atoms with Gasteiger partial charge < -0.3 is 10.3 Å². The van der Waals surface area contributed by atoms with Crippen molar-refractivity contribution in [2.24, 2.45) is 5.73 Å². The molecule has 2 rings (SSSR count). The third-order valence-corrected chi connectivity index (χ3v) is 3.66. The Balaban J connectivity index is 2.27. The van der Waals surface area contributed by atoms with Crippen LogP contribution in [0.4, 0.5) is 5.82 Å². The summed E-state index contributed by atoms with van der Waals surface area (Å²) in [6.45, 7) is 2.74. The Morgan fingerprint density at radius 3 is 2.94 bits per heavy atom. The van der Waals surface area contributed by atoms with E-state index in [0.29, 0.717) is 12.1 Å². The van der Waals surface area contributed by atoms with Gasteiger partial charge in [-0.15, -0.1) is 0 Å². The van der Waals surface area contributed by atoms with Gasteiger partial charge in [0.25, 0.3) is 10.0 Å². The van der Waals surface area contributed by atoms with Crippen molar-refractivity contribution in [1.29, 1.82) is 0 Å². The summed E-state index contributed by atoms with van der Waals surface area (Å²) in [7, 11) is -3.71. The molecule has 0 fully saturated rings. The number of H-pyrrole nitrogens is 1. The maximum absolute atomic E-state index is 12.0. The first-order valence-corrected chi connectivity index (χ1v) is 6.82. The second-order valence-electron chi connectivity index (χ2n) is 3.62. The molecule has 8 nitrogen and oxygen atoms in total. The first-order valence-electron chi connectivity index (χ1n) is 5.33. The zero-order valence-corrected chi connectivity index (χ0v) is 10.6. The standard InChI is InChI=1S/C9H14N6O2S/c1-2-15-5-8(11-6-15)18(16,17)14-9-7(3-10)4-12-13-9/h4-6H,2-3,10H2,1H3,(H2,12,13,14). The van der Waals surface area contributed by atoms with Crippen molar-refractivity contribution in [2.45, 2.75) is 25.0 Å². The van der Waals surface area contributed by atoms with Crippen LogP contribution in [0, 0.1) is 0 Å². The first kappa shape index (κ1) is 12.6. The van der Waals surface area contributed by atoms with Crippen molar-refractivity contribution >= 4 is 15.8 Å². The summed E-state index contributed by atoms with van der Waals surface area (Å²) in [6, 6.07) is 0. The highest BCUT2D eigenvalue weighted by Gasteiger charge is 2.19. The van der Waals surface area contributed by atoms with Crippen molar-refractivity contribution in [3.05, 3.63) is 24.3 Å². The molecule has 2 heterocycles. The van der Waals surface area contributed by atoms with Crippen LogP contribution in [-0.2, 0) is 23.1 Å². The Labute approximate surface area is 104 Å². The van der Waals surface area contributed by atoms with Crippen LogP contribution >= 0.6 is 0 Å². The van der Waals surface area contributed by atoms with E-state index in [1.807, 2.05) is 6.92 Å². The lowest BCUT2D eigenvalue weighted by Gasteiger charge is -2.04. The number of hydrogen-bond acceptors (Lipinski definition) is 5. The molecule has 9 heteroatoms. The quantitative estimate of drug-likeness (QED) is 0.700. The van der Waals surface area contributed by atoms with E-state index >= 15 is 0 Å². The van der Waals surface area contributed by atoms with Crippen molar-refractivity contribution < 1.29 is 8.42 Å². The Morgan fingerprint density at radius 1 is 1.56 bits per heavy atom. The van der Waals surface area contributed by atoms with Gasteiger partial charge in [0.1, 0.15) is 5.82 Å². The fraction of sp³-hybridized carbons (Fsp3) is 0.333. The highest BCUT2D eigenvalue weighted by atomic mass is 32.2. The van der Waals surface area contributed by atoms with E-state index in [0.717, 1.165) is 0 Å². The smallest absolute Gasteiger partial charge is 0.282 e. The Hall–Kier alpha value is -1.87. The molecule has 0 amide bonds. The number of nitrogens with zero attached hydrogens (tertiary/aromatic N) is 3. The molecule has 0 saturated carbocycles. The van der Waals surface area contributed by atoms with Gasteiger partial charge in [0.05, 0.1) is 12.5 Å². The van der Waals surface area contributed by atoms with Crippen LogP contribution in [0.5, 0.6) is 0 Å². The van der Waals surface area contributed by atoms with Gasteiger partial charge in [0.2, 0.25) is 0 Å². The number of anilines is 1. The van der Waals surface area contributed by atoms with Gasteiger partial charge in [0.15, 0.2) is 5.03 Å². The lowest BCUT2D eigenvalue weighted by molar-refractivity contribution is 0.597. The third kappa shape index (κ3) is 2.36. The average Bonchev–Trinajstić information content (AvgIpc) is 2.96. The monoisotopic (exact) mass is 270 g/mol. The SMILES string of the molecule is CCn1cnc(S(=O)(=O)Nc2[nH]ncc2CN)c1. The molecule has 0 unspecified atom stereocenters. The number of imidazole rings is 1. The number of sulfonamides is 1. The van der Waals surface area contributed by atoms with E-state index in [-0.39, 0.29) is 17.4 Å². The second-order valence-corrected chi connectivity index (χ2v) is 5.25. The van der Waals surface area contributed by atoms with E-state index in [9.17, 15) is 8.42 Å². The van der Waals surface area contributed by atoms with Gasteiger partial charge >= 0.3 is 0 Å². The molecule has 0 aromatic carbocycles. The van der Waals surface area contributed by atoms with E-state index < -0.39 is 10.0 Å². The summed E-state index contributed by atoms with van der Waals surface area (Å²) in [5, 5.41) is 6.24. The summed E-state index contributed by atoms with van der Waals surface area (Å²) in [5.74, 6) is 0.267. The van der Waals surface area contributed by atoms with Crippen LogP contribution in [0.15, 0.2) is 23.7 Å². The maximum atomic E-state index is 12.0. The van der Waals surface area contributed by atoms with Gasteiger partial charge in [0, 0.05) is 24.8 Å². The van der Waals surface area contributed by atoms with Crippen molar-refractivity contribution in [1.82, 2.24) is 19.7 Å². The number of nitrogens with one attached hydrogen (secondary N) is 2.